The van der Waals surface area contributed by atoms with Crippen molar-refractivity contribution in [1.82, 2.24) is 0 Å². The zero-order chi connectivity index (χ0) is 11.8. The van der Waals surface area contributed by atoms with Crippen LogP contribution in [0.4, 0.5) is 0 Å². The predicted octanol–water partition coefficient (Wildman–Crippen LogP) is 3.83. The number of benzene rings is 1. The van der Waals surface area contributed by atoms with Gasteiger partial charge in [0.15, 0.2) is 0 Å². The third kappa shape index (κ3) is 3.24. The largest absolute Gasteiger partial charge is 0.377 e. The molecule has 18 heavy (non-hydrogen) atoms. The third-order valence-electron chi connectivity index (χ3n) is 3.59. The van der Waals surface area contributed by atoms with E-state index in [-0.39, 0.29) is 51.7 Å². The molecule has 0 N–H and O–H groups in total. The van der Waals surface area contributed by atoms with Crippen LogP contribution < -0.4 is 0 Å². The Bertz CT molecular complexity index is 443. The van der Waals surface area contributed by atoms with Gasteiger partial charge in [0.25, 0.3) is 0 Å². The number of rotatable bonds is 1. The maximum Gasteiger partial charge on any atom is 0.0810 e. The molecular weight excluding hydrogens is 297 g/mol. The fourth-order valence-corrected chi connectivity index (χ4v) is 2.55. The number of ether oxygens (including phenoxy) is 1. The second-order valence-corrected chi connectivity index (χ2v) is 5.07. The topological polar surface area (TPSA) is 9.23 Å². The van der Waals surface area contributed by atoms with Gasteiger partial charge in [-0.05, 0) is 29.4 Å². The van der Waals surface area contributed by atoms with Crippen molar-refractivity contribution < 1.29 is 37.4 Å². The molecule has 0 saturated heterocycles. The van der Waals surface area contributed by atoms with Crippen molar-refractivity contribution in [3.05, 3.63) is 48.7 Å². The summed E-state index contributed by atoms with van der Waals surface area (Å²) in [5.41, 5.74) is 3.63. The summed E-state index contributed by atoms with van der Waals surface area (Å²) in [5.74, 6) is 2.44. The zero-order valence-electron chi connectivity index (χ0n) is 11.7. The van der Waals surface area contributed by atoms with Crippen LogP contribution in [-0.4, -0.2) is 7.11 Å². The van der Waals surface area contributed by atoms with Crippen molar-refractivity contribution in [2.24, 2.45) is 0 Å². The molecule has 0 amide bonds. The third-order valence-corrected chi connectivity index (χ3v) is 3.59. The van der Waals surface area contributed by atoms with Gasteiger partial charge in [-0.2, -0.15) is 0 Å². The van der Waals surface area contributed by atoms with E-state index < -0.39 is 0 Å². The molecule has 1 aromatic rings. The van der Waals surface area contributed by atoms with Gasteiger partial charge in [0.1, 0.15) is 0 Å². The maximum absolute atomic E-state index is 7.19. The second-order valence-electron chi connectivity index (χ2n) is 5.07. The smallest absolute Gasteiger partial charge is 0.0810 e. The summed E-state index contributed by atoms with van der Waals surface area (Å²) in [6.07, 6.45) is 9.57. The Morgan fingerprint density at radius 2 is 2.06 bits per heavy atom. The molecular formula is C16H20OY-2. The molecule has 95 valence electrons. The minimum absolute atomic E-state index is 0. The summed E-state index contributed by atoms with van der Waals surface area (Å²) in [6, 6.07) is 6.13. The SMILES string of the molecule is [C-]#Cc1ccc2c(c1)C(OC)CCC2(C)C.[CH3-].[Y]. The molecule has 0 fully saturated rings. The number of fused-ring (bicyclic) bond motifs is 1. The summed E-state index contributed by atoms with van der Waals surface area (Å²) in [7, 11) is 1.76. The van der Waals surface area contributed by atoms with Gasteiger partial charge in [-0.25, -0.2) is 0 Å². The monoisotopic (exact) mass is 317 g/mol. The zero-order valence-corrected chi connectivity index (χ0v) is 14.5. The maximum atomic E-state index is 7.19. The average Bonchev–Trinajstić information content (AvgIpc) is 2.28. The molecule has 1 nitrogen and oxygen atoms in total. The summed E-state index contributed by atoms with van der Waals surface area (Å²) in [5, 5.41) is 0. The standard InChI is InChI=1S/C15H17O.CH3.Y/c1-5-11-6-7-13-12(10-11)14(16-4)8-9-15(13,2)3;;/h6-7,10,14H,8-9H2,2-4H3;1H3;/q2*-1;. The molecule has 0 aromatic heterocycles. The fraction of sp³-hybridized carbons (Fsp3) is 0.438. The number of hydrogen-bond donors (Lipinski definition) is 0. The average molecular weight is 317 g/mol. The van der Waals surface area contributed by atoms with E-state index in [2.05, 4.69) is 25.8 Å². The summed E-state index contributed by atoms with van der Waals surface area (Å²) >= 11 is 0. The van der Waals surface area contributed by atoms with E-state index in [1.807, 2.05) is 12.1 Å². The predicted molar refractivity (Wildman–Crippen MR) is 71.1 cm³/mol. The minimum atomic E-state index is 0. The molecule has 0 heterocycles. The summed E-state index contributed by atoms with van der Waals surface area (Å²) in [4.78, 5) is 0. The van der Waals surface area contributed by atoms with Crippen LogP contribution in [0.25, 0.3) is 0 Å². The molecule has 1 aliphatic carbocycles. The number of methoxy groups -OCH3 is 1. The van der Waals surface area contributed by atoms with Crippen LogP contribution in [0.5, 0.6) is 0 Å². The van der Waals surface area contributed by atoms with Crippen molar-refractivity contribution in [1.29, 1.82) is 0 Å². The van der Waals surface area contributed by atoms with Crippen LogP contribution in [0.2, 0.25) is 0 Å². The van der Waals surface area contributed by atoms with Gasteiger partial charge < -0.3 is 18.6 Å². The van der Waals surface area contributed by atoms with Crippen LogP contribution in [0.1, 0.15) is 49.5 Å². The van der Waals surface area contributed by atoms with Crippen molar-refractivity contribution in [3.8, 4) is 5.92 Å². The Morgan fingerprint density at radius 1 is 1.39 bits per heavy atom. The molecule has 2 heteroatoms. The van der Waals surface area contributed by atoms with Gasteiger partial charge in [-0.15, -0.1) is 17.7 Å². The van der Waals surface area contributed by atoms with Gasteiger partial charge in [0, 0.05) is 39.8 Å². The molecule has 2 rings (SSSR count). The van der Waals surface area contributed by atoms with Gasteiger partial charge >= 0.3 is 0 Å². The normalized spacial score (nSPS) is 19.8. The van der Waals surface area contributed by atoms with Crippen LogP contribution in [0, 0.1) is 19.8 Å². The van der Waals surface area contributed by atoms with Crippen LogP contribution in [0.15, 0.2) is 18.2 Å². The van der Waals surface area contributed by atoms with Crippen LogP contribution in [0.3, 0.4) is 0 Å². The molecule has 1 unspecified atom stereocenters. The Kier molecular flexibility index (Phi) is 6.79. The second kappa shape index (κ2) is 6.85. The van der Waals surface area contributed by atoms with E-state index in [0.29, 0.717) is 0 Å². The van der Waals surface area contributed by atoms with E-state index in [4.69, 9.17) is 11.2 Å². The van der Waals surface area contributed by atoms with Gasteiger partial charge in [0.05, 0.1) is 6.10 Å². The quantitative estimate of drug-likeness (QED) is 0.565. The molecule has 1 radical (unpaired) electrons. The Balaban J connectivity index is 0.00000144. The van der Waals surface area contributed by atoms with E-state index in [0.717, 1.165) is 18.4 Å². The van der Waals surface area contributed by atoms with E-state index in [9.17, 15) is 0 Å². The summed E-state index contributed by atoms with van der Waals surface area (Å²) < 4.78 is 5.52. The summed E-state index contributed by atoms with van der Waals surface area (Å²) in [6.45, 7) is 4.54. The first-order chi connectivity index (χ1) is 7.58. The van der Waals surface area contributed by atoms with Crippen LogP contribution >= 0.6 is 0 Å². The van der Waals surface area contributed by atoms with Crippen molar-refractivity contribution in [2.75, 3.05) is 7.11 Å². The van der Waals surface area contributed by atoms with E-state index in [1.54, 1.807) is 7.11 Å². The molecule has 0 aliphatic heterocycles. The van der Waals surface area contributed by atoms with Crippen molar-refractivity contribution >= 4 is 0 Å². The first-order valence-corrected chi connectivity index (χ1v) is 5.68. The van der Waals surface area contributed by atoms with Crippen molar-refractivity contribution in [2.45, 2.75) is 38.2 Å². The Hall–Kier alpha value is -0.156. The van der Waals surface area contributed by atoms with E-state index >= 15 is 0 Å². The fourth-order valence-electron chi connectivity index (χ4n) is 2.55. The van der Waals surface area contributed by atoms with Gasteiger partial charge in [-0.3, -0.25) is 5.92 Å². The first-order valence-electron chi connectivity index (χ1n) is 5.68. The molecule has 0 saturated carbocycles. The first kappa shape index (κ1) is 17.8. The van der Waals surface area contributed by atoms with Crippen LogP contribution in [-0.2, 0) is 42.9 Å². The molecule has 1 aliphatic rings. The van der Waals surface area contributed by atoms with Gasteiger partial charge in [0.2, 0.25) is 0 Å². The molecule has 0 spiro atoms. The Labute approximate surface area is 137 Å². The number of hydrogen-bond acceptors (Lipinski definition) is 1. The molecule has 1 aromatic carbocycles. The van der Waals surface area contributed by atoms with Gasteiger partial charge in [-0.1, -0.05) is 19.9 Å². The van der Waals surface area contributed by atoms with Crippen molar-refractivity contribution in [3.63, 3.8) is 0 Å². The molecule has 1 atom stereocenters. The minimum Gasteiger partial charge on any atom is -0.377 e. The van der Waals surface area contributed by atoms with E-state index in [1.165, 1.54) is 11.1 Å². The Morgan fingerprint density at radius 3 is 2.61 bits per heavy atom. The molecule has 0 bridgehead atoms.